The second kappa shape index (κ2) is 12.2. The fourth-order valence-electron chi connectivity index (χ4n) is 4.15. The van der Waals surface area contributed by atoms with E-state index in [0.717, 1.165) is 15.4 Å². The van der Waals surface area contributed by atoms with E-state index in [0.29, 0.717) is 17.8 Å². The largest absolute Gasteiger partial charge is 0.355 e. The number of hydrogen-bond donors (Lipinski definition) is 1. The molecular weight excluding hydrogens is 505 g/mol. The van der Waals surface area contributed by atoms with Gasteiger partial charge in [0.05, 0.1) is 10.6 Å². The van der Waals surface area contributed by atoms with Crippen LogP contribution in [0.15, 0.2) is 71.6 Å². The smallest absolute Gasteiger partial charge is 0.264 e. The van der Waals surface area contributed by atoms with E-state index >= 15 is 0 Å². The molecule has 0 saturated heterocycles. The van der Waals surface area contributed by atoms with Gasteiger partial charge in [-0.05, 0) is 64.4 Å². The molecule has 38 heavy (non-hydrogen) atoms. The Morgan fingerprint density at radius 3 is 2.18 bits per heavy atom. The van der Waals surface area contributed by atoms with Crippen LogP contribution in [0.1, 0.15) is 36.1 Å². The summed E-state index contributed by atoms with van der Waals surface area (Å²) in [5.74, 6) is -1.58. The maximum atomic E-state index is 14.5. The molecule has 1 N–H and O–H groups in total. The van der Waals surface area contributed by atoms with Gasteiger partial charge in [0.1, 0.15) is 18.4 Å². The van der Waals surface area contributed by atoms with E-state index in [9.17, 15) is 22.4 Å². The van der Waals surface area contributed by atoms with E-state index in [1.165, 1.54) is 35.2 Å². The molecule has 0 radical (unpaired) electrons. The summed E-state index contributed by atoms with van der Waals surface area (Å²) in [6, 6.07) is 16.7. The first-order chi connectivity index (χ1) is 17.9. The average Bonchev–Trinajstić information content (AvgIpc) is 2.87. The van der Waals surface area contributed by atoms with Crippen molar-refractivity contribution in [3.63, 3.8) is 0 Å². The topological polar surface area (TPSA) is 86.8 Å². The van der Waals surface area contributed by atoms with Gasteiger partial charge in [-0.25, -0.2) is 12.8 Å². The van der Waals surface area contributed by atoms with Crippen LogP contribution in [0.4, 0.5) is 10.1 Å². The zero-order valence-corrected chi connectivity index (χ0v) is 23.2. The Balaban J connectivity index is 2.08. The van der Waals surface area contributed by atoms with E-state index in [1.807, 2.05) is 19.9 Å². The van der Waals surface area contributed by atoms with E-state index in [-0.39, 0.29) is 17.0 Å². The molecule has 0 saturated carbocycles. The Bertz CT molecular complexity index is 1410. The average molecular weight is 540 g/mol. The number of anilines is 1. The minimum absolute atomic E-state index is 0.0355. The molecule has 0 fully saturated rings. The van der Waals surface area contributed by atoms with Crippen molar-refractivity contribution in [3.05, 3.63) is 94.8 Å². The molecule has 0 aromatic heterocycles. The standard InChI is InChI=1S/C29H34FN3O4S/c1-6-31-29(35)23(5)32(18-24-9-7-8-10-26(24)30)28(34)19-33(27-16-13-21(3)17-22(27)4)38(36,37)25-14-11-20(2)12-15-25/h7-17,23H,6,18-19H2,1-5H3,(H,31,35)/t23-/m0/s1. The molecule has 0 aliphatic rings. The third-order valence-corrected chi connectivity index (χ3v) is 8.10. The number of carbonyl (C=O) groups excluding carboxylic acids is 2. The van der Waals surface area contributed by atoms with Gasteiger partial charge in [-0.1, -0.05) is 53.6 Å². The van der Waals surface area contributed by atoms with Crippen molar-refractivity contribution < 1.29 is 22.4 Å². The molecule has 0 aliphatic carbocycles. The highest BCUT2D eigenvalue weighted by Gasteiger charge is 2.33. The third-order valence-electron chi connectivity index (χ3n) is 6.33. The Labute approximate surface area is 224 Å². The highest BCUT2D eigenvalue weighted by atomic mass is 32.2. The monoisotopic (exact) mass is 539 g/mol. The quantitative estimate of drug-likeness (QED) is 0.411. The Morgan fingerprint density at radius 1 is 0.947 bits per heavy atom. The van der Waals surface area contributed by atoms with Gasteiger partial charge in [0.2, 0.25) is 11.8 Å². The maximum absolute atomic E-state index is 14.5. The molecule has 1 atom stereocenters. The SMILES string of the molecule is CCNC(=O)[C@H](C)N(Cc1ccccc1F)C(=O)CN(c1ccc(C)cc1C)S(=O)(=O)c1ccc(C)cc1. The number of sulfonamides is 1. The molecule has 3 aromatic rings. The number of likely N-dealkylation sites (N-methyl/N-ethyl adjacent to an activating group) is 1. The molecule has 0 unspecified atom stereocenters. The number of benzene rings is 3. The van der Waals surface area contributed by atoms with Crippen LogP contribution in [0.25, 0.3) is 0 Å². The van der Waals surface area contributed by atoms with Crippen LogP contribution < -0.4 is 9.62 Å². The first-order valence-electron chi connectivity index (χ1n) is 12.4. The summed E-state index contributed by atoms with van der Waals surface area (Å²) in [6.07, 6.45) is 0. The summed E-state index contributed by atoms with van der Waals surface area (Å²) >= 11 is 0. The van der Waals surface area contributed by atoms with E-state index in [1.54, 1.807) is 51.1 Å². The van der Waals surface area contributed by atoms with Crippen LogP contribution in [0.3, 0.4) is 0 Å². The van der Waals surface area contributed by atoms with Crippen molar-refractivity contribution in [2.75, 3.05) is 17.4 Å². The zero-order valence-electron chi connectivity index (χ0n) is 22.4. The number of rotatable bonds is 10. The molecule has 2 amide bonds. The maximum Gasteiger partial charge on any atom is 0.264 e. The van der Waals surface area contributed by atoms with Gasteiger partial charge in [-0.15, -0.1) is 0 Å². The van der Waals surface area contributed by atoms with Crippen LogP contribution in [0.5, 0.6) is 0 Å². The second-order valence-corrected chi connectivity index (χ2v) is 11.2. The molecule has 9 heteroatoms. The summed E-state index contributed by atoms with van der Waals surface area (Å²) < 4.78 is 43.4. The summed E-state index contributed by atoms with van der Waals surface area (Å²) in [7, 11) is -4.16. The van der Waals surface area contributed by atoms with Crippen molar-refractivity contribution in [1.82, 2.24) is 10.2 Å². The van der Waals surface area contributed by atoms with Gasteiger partial charge in [-0.2, -0.15) is 0 Å². The molecule has 0 spiro atoms. The number of hydrogen-bond acceptors (Lipinski definition) is 4. The molecule has 0 heterocycles. The first kappa shape index (κ1) is 28.8. The Kier molecular flexibility index (Phi) is 9.27. The summed E-state index contributed by atoms with van der Waals surface area (Å²) in [6.45, 7) is 8.40. The number of nitrogens with one attached hydrogen (secondary N) is 1. The molecule has 3 aromatic carbocycles. The predicted molar refractivity (Wildman–Crippen MR) is 147 cm³/mol. The van der Waals surface area contributed by atoms with Crippen molar-refractivity contribution >= 4 is 27.5 Å². The Hall–Kier alpha value is -3.72. The van der Waals surface area contributed by atoms with E-state index in [2.05, 4.69) is 5.32 Å². The van der Waals surface area contributed by atoms with Crippen molar-refractivity contribution in [3.8, 4) is 0 Å². The molecule has 202 valence electrons. The number of halogens is 1. The fraction of sp³-hybridized carbons (Fsp3) is 0.310. The Morgan fingerprint density at radius 2 is 1.58 bits per heavy atom. The van der Waals surface area contributed by atoms with Crippen LogP contribution in [0.2, 0.25) is 0 Å². The summed E-state index contributed by atoms with van der Waals surface area (Å²) in [5.41, 5.74) is 3.07. The molecular formula is C29H34FN3O4S. The van der Waals surface area contributed by atoms with Crippen LogP contribution in [-0.4, -0.2) is 44.3 Å². The van der Waals surface area contributed by atoms with Gasteiger partial charge in [0.15, 0.2) is 0 Å². The van der Waals surface area contributed by atoms with Gasteiger partial charge in [-0.3, -0.25) is 13.9 Å². The van der Waals surface area contributed by atoms with Gasteiger partial charge < -0.3 is 10.2 Å². The highest BCUT2D eigenvalue weighted by Crippen LogP contribution is 2.28. The lowest BCUT2D eigenvalue weighted by atomic mass is 10.1. The summed E-state index contributed by atoms with van der Waals surface area (Å²) in [4.78, 5) is 27.8. The van der Waals surface area contributed by atoms with Gasteiger partial charge >= 0.3 is 0 Å². The molecule has 0 aliphatic heterocycles. The second-order valence-electron chi connectivity index (χ2n) is 9.30. The van der Waals surface area contributed by atoms with Crippen molar-refractivity contribution in [1.29, 1.82) is 0 Å². The fourth-order valence-corrected chi connectivity index (χ4v) is 5.63. The number of carbonyl (C=O) groups is 2. The minimum Gasteiger partial charge on any atom is -0.355 e. The predicted octanol–water partition coefficient (Wildman–Crippen LogP) is 4.50. The molecule has 7 nitrogen and oxygen atoms in total. The van der Waals surface area contributed by atoms with Crippen LogP contribution >= 0.6 is 0 Å². The van der Waals surface area contributed by atoms with E-state index in [4.69, 9.17) is 0 Å². The van der Waals surface area contributed by atoms with Gasteiger partial charge in [0, 0.05) is 18.7 Å². The molecule has 0 bridgehead atoms. The minimum atomic E-state index is -4.16. The third kappa shape index (κ3) is 6.58. The number of nitrogens with zero attached hydrogens (tertiary/aromatic N) is 2. The van der Waals surface area contributed by atoms with Crippen molar-refractivity contribution in [2.45, 2.75) is 52.1 Å². The normalized spacial score (nSPS) is 12.1. The lowest BCUT2D eigenvalue weighted by molar-refractivity contribution is -0.139. The zero-order chi connectivity index (χ0) is 28.0. The van der Waals surface area contributed by atoms with E-state index < -0.39 is 40.2 Å². The highest BCUT2D eigenvalue weighted by molar-refractivity contribution is 7.92. The summed E-state index contributed by atoms with van der Waals surface area (Å²) in [5, 5.41) is 2.68. The number of aryl methyl sites for hydroxylation is 3. The number of amides is 2. The lowest BCUT2D eigenvalue weighted by Gasteiger charge is -2.32. The molecule has 3 rings (SSSR count). The lowest BCUT2D eigenvalue weighted by Crippen LogP contribution is -2.51. The van der Waals surface area contributed by atoms with Gasteiger partial charge in [0.25, 0.3) is 10.0 Å². The first-order valence-corrected chi connectivity index (χ1v) is 13.9. The van der Waals surface area contributed by atoms with Crippen LogP contribution in [0, 0.1) is 26.6 Å². The van der Waals surface area contributed by atoms with Crippen LogP contribution in [-0.2, 0) is 26.2 Å². The van der Waals surface area contributed by atoms with Crippen molar-refractivity contribution in [2.24, 2.45) is 0 Å².